The van der Waals surface area contributed by atoms with Crippen molar-refractivity contribution in [3.63, 3.8) is 0 Å². The van der Waals surface area contributed by atoms with Crippen molar-refractivity contribution in [2.45, 2.75) is 26.4 Å². The minimum atomic E-state index is -1.62. The molecule has 0 aromatic heterocycles. The number of aryl methyl sites for hydroxylation is 1. The standard InChI is InChI=1S/C21H27NO2S.ClH/c1-4-22(5-2)14-15-25-20(23)21(24,18-11-7-6-8-12-18)19-13-9-10-17(3)16-19;/h6-13,16,24H,4-5,14-15H2,1-3H3;1H. The molecule has 1 unspecified atom stereocenters. The van der Waals surface area contributed by atoms with Crippen LogP contribution in [0.5, 0.6) is 0 Å². The predicted molar refractivity (Wildman–Crippen MR) is 113 cm³/mol. The number of rotatable bonds is 8. The van der Waals surface area contributed by atoms with Gasteiger partial charge in [0.25, 0.3) is 0 Å². The number of thioether (sulfide) groups is 1. The lowest BCUT2D eigenvalue weighted by atomic mass is 9.87. The minimum absolute atomic E-state index is 0. The van der Waals surface area contributed by atoms with E-state index in [0.29, 0.717) is 16.9 Å². The van der Waals surface area contributed by atoms with Crippen LogP contribution < -0.4 is 0 Å². The summed E-state index contributed by atoms with van der Waals surface area (Å²) < 4.78 is 0. The van der Waals surface area contributed by atoms with E-state index in [9.17, 15) is 9.90 Å². The van der Waals surface area contributed by atoms with Crippen LogP contribution in [0, 0.1) is 6.92 Å². The topological polar surface area (TPSA) is 40.5 Å². The van der Waals surface area contributed by atoms with Crippen LogP contribution in [0.4, 0.5) is 0 Å². The van der Waals surface area contributed by atoms with Crippen LogP contribution in [0.25, 0.3) is 0 Å². The number of halogens is 1. The molecule has 0 bridgehead atoms. The van der Waals surface area contributed by atoms with Crippen LogP contribution in [0.2, 0.25) is 0 Å². The van der Waals surface area contributed by atoms with Crippen molar-refractivity contribution in [1.82, 2.24) is 4.90 Å². The molecule has 26 heavy (non-hydrogen) atoms. The Morgan fingerprint density at radius 2 is 1.65 bits per heavy atom. The zero-order valence-electron chi connectivity index (χ0n) is 15.6. The van der Waals surface area contributed by atoms with Crippen molar-refractivity contribution in [3.05, 3.63) is 71.3 Å². The van der Waals surface area contributed by atoms with Crippen LogP contribution in [-0.4, -0.2) is 40.5 Å². The maximum Gasteiger partial charge on any atom is 0.229 e. The van der Waals surface area contributed by atoms with Gasteiger partial charge in [-0.05, 0) is 31.1 Å². The highest BCUT2D eigenvalue weighted by molar-refractivity contribution is 8.13. The van der Waals surface area contributed by atoms with Crippen LogP contribution in [0.15, 0.2) is 54.6 Å². The Balaban J connectivity index is 0.00000338. The normalized spacial score (nSPS) is 13.1. The molecule has 2 aromatic carbocycles. The average Bonchev–Trinajstić information content (AvgIpc) is 2.65. The van der Waals surface area contributed by atoms with Gasteiger partial charge in [-0.2, -0.15) is 0 Å². The largest absolute Gasteiger partial charge is 0.372 e. The molecule has 0 aliphatic heterocycles. The fourth-order valence-electron chi connectivity index (χ4n) is 2.86. The Hall–Kier alpha value is -1.33. The molecule has 0 amide bonds. The van der Waals surface area contributed by atoms with Crippen LogP contribution in [0.1, 0.15) is 30.5 Å². The predicted octanol–water partition coefficient (Wildman–Crippen LogP) is 4.25. The van der Waals surface area contributed by atoms with Crippen molar-refractivity contribution < 1.29 is 9.90 Å². The summed E-state index contributed by atoms with van der Waals surface area (Å²) in [4.78, 5) is 15.3. The summed E-state index contributed by atoms with van der Waals surface area (Å²) in [6, 6.07) is 16.8. The second-order valence-electron chi connectivity index (χ2n) is 6.11. The Morgan fingerprint density at radius 1 is 1.04 bits per heavy atom. The zero-order chi connectivity index (χ0) is 18.3. The van der Waals surface area contributed by atoms with E-state index in [1.807, 2.05) is 61.5 Å². The third-order valence-corrected chi connectivity index (χ3v) is 5.40. The van der Waals surface area contributed by atoms with Gasteiger partial charge in [0.15, 0.2) is 5.60 Å². The molecule has 0 saturated heterocycles. The van der Waals surface area contributed by atoms with E-state index in [-0.39, 0.29) is 17.5 Å². The highest BCUT2D eigenvalue weighted by Gasteiger charge is 2.39. The van der Waals surface area contributed by atoms with Crippen LogP contribution >= 0.6 is 24.2 Å². The molecule has 1 atom stereocenters. The Kier molecular flexibility index (Phi) is 9.37. The molecule has 0 spiro atoms. The summed E-state index contributed by atoms with van der Waals surface area (Å²) in [6.07, 6.45) is 0. The van der Waals surface area contributed by atoms with Gasteiger partial charge in [-0.25, -0.2) is 0 Å². The maximum atomic E-state index is 13.0. The lowest BCUT2D eigenvalue weighted by Gasteiger charge is -2.28. The third kappa shape index (κ3) is 5.34. The summed E-state index contributed by atoms with van der Waals surface area (Å²) >= 11 is 1.21. The van der Waals surface area contributed by atoms with Crippen LogP contribution in [-0.2, 0) is 10.4 Å². The third-order valence-electron chi connectivity index (χ3n) is 4.46. The number of hydrogen-bond donors (Lipinski definition) is 1. The van der Waals surface area contributed by atoms with Gasteiger partial charge < -0.3 is 10.0 Å². The van der Waals surface area contributed by atoms with E-state index in [1.54, 1.807) is 0 Å². The smallest absolute Gasteiger partial charge is 0.229 e. The fourth-order valence-corrected chi connectivity index (χ4v) is 3.84. The first-order chi connectivity index (χ1) is 12.0. The summed E-state index contributed by atoms with van der Waals surface area (Å²) in [5.74, 6) is 0.668. The fraction of sp³-hybridized carbons (Fsp3) is 0.381. The van der Waals surface area contributed by atoms with Crippen molar-refractivity contribution >= 4 is 29.3 Å². The van der Waals surface area contributed by atoms with Crippen molar-refractivity contribution in [1.29, 1.82) is 0 Å². The van der Waals surface area contributed by atoms with E-state index in [0.717, 1.165) is 25.2 Å². The Labute approximate surface area is 167 Å². The summed E-state index contributed by atoms with van der Waals surface area (Å²) in [5, 5.41) is 11.2. The first-order valence-electron chi connectivity index (χ1n) is 8.77. The van der Waals surface area contributed by atoms with Crippen molar-refractivity contribution in [2.24, 2.45) is 0 Å². The SMILES string of the molecule is CCN(CC)CCSC(=O)C(O)(c1ccccc1)c1cccc(C)c1.Cl. The molecule has 3 nitrogen and oxygen atoms in total. The first kappa shape index (κ1) is 22.7. The van der Waals surface area contributed by atoms with Crippen LogP contribution in [0.3, 0.4) is 0 Å². The molecule has 0 fully saturated rings. The van der Waals surface area contributed by atoms with Gasteiger partial charge in [-0.3, -0.25) is 4.79 Å². The molecule has 0 aliphatic carbocycles. The molecular weight excluding hydrogens is 366 g/mol. The van der Waals surface area contributed by atoms with Gasteiger partial charge in [0, 0.05) is 12.3 Å². The van der Waals surface area contributed by atoms with E-state index in [4.69, 9.17) is 0 Å². The van der Waals surface area contributed by atoms with E-state index >= 15 is 0 Å². The molecule has 0 radical (unpaired) electrons. The monoisotopic (exact) mass is 393 g/mol. The molecule has 0 aliphatic rings. The maximum absolute atomic E-state index is 13.0. The van der Waals surface area contributed by atoms with Gasteiger partial charge in [0.05, 0.1) is 0 Å². The van der Waals surface area contributed by atoms with Gasteiger partial charge in [-0.15, -0.1) is 12.4 Å². The molecule has 2 aromatic rings. The quantitative estimate of drug-likeness (QED) is 0.727. The zero-order valence-corrected chi connectivity index (χ0v) is 17.3. The number of benzene rings is 2. The first-order valence-corrected chi connectivity index (χ1v) is 9.75. The molecule has 1 N–H and O–H groups in total. The second-order valence-corrected chi connectivity index (χ2v) is 7.18. The number of carbonyl (C=O) groups is 1. The van der Waals surface area contributed by atoms with Gasteiger partial charge in [-0.1, -0.05) is 85.8 Å². The highest BCUT2D eigenvalue weighted by Crippen LogP contribution is 2.34. The van der Waals surface area contributed by atoms with Gasteiger partial charge in [0.2, 0.25) is 5.12 Å². The van der Waals surface area contributed by atoms with E-state index in [2.05, 4.69) is 18.7 Å². The second kappa shape index (κ2) is 10.7. The number of carbonyl (C=O) groups excluding carboxylic acids is 1. The highest BCUT2D eigenvalue weighted by atomic mass is 35.5. The Morgan fingerprint density at radius 3 is 2.23 bits per heavy atom. The lowest BCUT2D eigenvalue weighted by molar-refractivity contribution is -0.124. The number of hydrogen-bond acceptors (Lipinski definition) is 4. The van der Waals surface area contributed by atoms with Gasteiger partial charge >= 0.3 is 0 Å². The molecule has 2 rings (SSSR count). The van der Waals surface area contributed by atoms with Crippen molar-refractivity contribution in [3.8, 4) is 0 Å². The van der Waals surface area contributed by atoms with Crippen molar-refractivity contribution in [2.75, 3.05) is 25.4 Å². The molecule has 5 heteroatoms. The molecule has 0 saturated carbocycles. The van der Waals surface area contributed by atoms with E-state index in [1.165, 1.54) is 11.8 Å². The molecule has 142 valence electrons. The summed E-state index contributed by atoms with van der Waals surface area (Å²) in [6.45, 7) is 8.96. The Bertz CT molecular complexity index is 691. The van der Waals surface area contributed by atoms with E-state index < -0.39 is 5.60 Å². The number of aliphatic hydroxyl groups is 1. The molecular formula is C21H28ClNO2S. The average molecular weight is 394 g/mol. The summed E-state index contributed by atoms with van der Waals surface area (Å²) in [7, 11) is 0. The summed E-state index contributed by atoms with van der Waals surface area (Å²) in [5.41, 5.74) is 0.633. The van der Waals surface area contributed by atoms with Gasteiger partial charge in [0.1, 0.15) is 0 Å². The molecule has 0 heterocycles. The number of nitrogens with zero attached hydrogens (tertiary/aromatic N) is 1. The lowest BCUT2D eigenvalue weighted by Crippen LogP contribution is -2.36. The minimum Gasteiger partial charge on any atom is -0.372 e.